The van der Waals surface area contributed by atoms with Gasteiger partial charge in [0.05, 0.1) is 17.1 Å². The molecule has 4 rings (SSSR count). The number of nitrogens with two attached hydrogens (primary N) is 1. The zero-order valence-corrected chi connectivity index (χ0v) is 16.0. The number of benzene rings is 2. The highest BCUT2D eigenvalue weighted by atomic mass is 16.2. The summed E-state index contributed by atoms with van der Waals surface area (Å²) < 4.78 is 1.82. The van der Waals surface area contributed by atoms with E-state index in [-0.39, 0.29) is 5.91 Å². The minimum atomic E-state index is 0.0956. The van der Waals surface area contributed by atoms with E-state index in [1.807, 2.05) is 51.9 Å². The third-order valence-electron chi connectivity index (χ3n) is 5.24. The third-order valence-corrected chi connectivity index (χ3v) is 5.24. The number of aromatic nitrogens is 3. The van der Waals surface area contributed by atoms with Gasteiger partial charge in [0.2, 0.25) is 0 Å². The van der Waals surface area contributed by atoms with Crippen molar-refractivity contribution in [3.63, 3.8) is 0 Å². The molecule has 1 aromatic heterocycles. The van der Waals surface area contributed by atoms with Crippen molar-refractivity contribution in [2.45, 2.75) is 13.3 Å². The third kappa shape index (κ3) is 3.55. The number of nitrogen functional groups attached to an aromatic ring is 1. The van der Waals surface area contributed by atoms with Crippen molar-refractivity contribution in [1.82, 2.24) is 19.7 Å². The Kier molecular flexibility index (Phi) is 4.97. The van der Waals surface area contributed by atoms with E-state index in [9.17, 15) is 4.79 Å². The number of rotatable bonds is 4. The zero-order valence-electron chi connectivity index (χ0n) is 16.0. The van der Waals surface area contributed by atoms with Gasteiger partial charge < -0.3 is 15.5 Å². The maximum Gasteiger partial charge on any atom is 0.253 e. The summed E-state index contributed by atoms with van der Waals surface area (Å²) in [6.45, 7) is 4.99. The van der Waals surface area contributed by atoms with Crippen molar-refractivity contribution in [3.05, 3.63) is 66.2 Å². The van der Waals surface area contributed by atoms with E-state index >= 15 is 0 Å². The van der Waals surface area contributed by atoms with Gasteiger partial charge in [-0.05, 0) is 42.3 Å². The van der Waals surface area contributed by atoms with Crippen LogP contribution >= 0.6 is 0 Å². The summed E-state index contributed by atoms with van der Waals surface area (Å²) in [6, 6.07) is 13.9. The van der Waals surface area contributed by atoms with Gasteiger partial charge in [-0.25, -0.2) is 0 Å². The molecule has 1 aliphatic heterocycles. The predicted molar refractivity (Wildman–Crippen MR) is 110 cm³/mol. The van der Waals surface area contributed by atoms with E-state index in [1.165, 1.54) is 5.56 Å². The van der Waals surface area contributed by atoms with E-state index < -0.39 is 0 Å². The van der Waals surface area contributed by atoms with Crippen molar-refractivity contribution in [1.29, 1.82) is 0 Å². The van der Waals surface area contributed by atoms with Crippen LogP contribution in [0.15, 0.2) is 55.1 Å². The number of anilines is 2. The van der Waals surface area contributed by atoms with E-state index in [2.05, 4.69) is 22.0 Å². The smallest absolute Gasteiger partial charge is 0.253 e. The van der Waals surface area contributed by atoms with Gasteiger partial charge in [-0.15, -0.1) is 10.2 Å². The average molecular weight is 376 g/mol. The second-order valence-electron chi connectivity index (χ2n) is 6.94. The molecule has 0 aliphatic carbocycles. The lowest BCUT2D eigenvalue weighted by atomic mass is 10.1. The van der Waals surface area contributed by atoms with Crippen LogP contribution in [0.4, 0.5) is 11.4 Å². The highest BCUT2D eigenvalue weighted by molar-refractivity contribution is 5.94. The van der Waals surface area contributed by atoms with E-state index in [0.29, 0.717) is 18.8 Å². The molecule has 0 atom stereocenters. The Bertz CT molecular complexity index is 944. The molecule has 2 heterocycles. The molecule has 0 saturated carbocycles. The molecule has 1 saturated heterocycles. The Morgan fingerprint density at radius 1 is 1.00 bits per heavy atom. The Labute approximate surface area is 164 Å². The number of piperazine rings is 1. The average Bonchev–Trinajstić information content (AvgIpc) is 3.28. The number of hydrogen-bond donors (Lipinski definition) is 1. The van der Waals surface area contributed by atoms with E-state index in [4.69, 9.17) is 5.73 Å². The van der Waals surface area contributed by atoms with E-state index in [1.54, 1.807) is 12.7 Å². The first-order chi connectivity index (χ1) is 13.7. The predicted octanol–water partition coefficient (Wildman–Crippen LogP) is 2.37. The summed E-state index contributed by atoms with van der Waals surface area (Å²) in [5.74, 6) is 0.0956. The largest absolute Gasteiger partial charge is 0.397 e. The first-order valence-electron chi connectivity index (χ1n) is 9.53. The van der Waals surface area contributed by atoms with Crippen LogP contribution in [-0.2, 0) is 6.42 Å². The molecule has 28 heavy (non-hydrogen) atoms. The number of hydrogen-bond acceptors (Lipinski definition) is 5. The minimum absolute atomic E-state index is 0.0956. The van der Waals surface area contributed by atoms with Gasteiger partial charge in [-0.2, -0.15) is 0 Å². The topological polar surface area (TPSA) is 80.3 Å². The second kappa shape index (κ2) is 7.72. The Hall–Kier alpha value is -3.35. The molecular formula is C21H24N6O. The van der Waals surface area contributed by atoms with Crippen LogP contribution in [0.25, 0.3) is 5.69 Å². The summed E-state index contributed by atoms with van der Waals surface area (Å²) in [7, 11) is 0. The number of carbonyl (C=O) groups is 1. The second-order valence-corrected chi connectivity index (χ2v) is 6.94. The summed E-state index contributed by atoms with van der Waals surface area (Å²) >= 11 is 0. The molecule has 0 bridgehead atoms. The quantitative estimate of drug-likeness (QED) is 0.707. The molecule has 1 aliphatic rings. The maximum absolute atomic E-state index is 12.8. The van der Waals surface area contributed by atoms with Gasteiger partial charge in [0.1, 0.15) is 12.7 Å². The summed E-state index contributed by atoms with van der Waals surface area (Å²) in [5.41, 5.74) is 10.9. The fourth-order valence-electron chi connectivity index (χ4n) is 3.54. The van der Waals surface area contributed by atoms with Crippen LogP contribution in [0.5, 0.6) is 0 Å². The molecule has 144 valence electrons. The molecule has 1 fully saturated rings. The van der Waals surface area contributed by atoms with Crippen molar-refractivity contribution in [2.75, 3.05) is 36.8 Å². The van der Waals surface area contributed by atoms with Gasteiger partial charge in [-0.1, -0.05) is 19.1 Å². The molecule has 3 aromatic rings. The van der Waals surface area contributed by atoms with Gasteiger partial charge >= 0.3 is 0 Å². The maximum atomic E-state index is 12.8. The monoisotopic (exact) mass is 376 g/mol. The van der Waals surface area contributed by atoms with Crippen LogP contribution in [0.2, 0.25) is 0 Å². The standard InChI is InChI=1S/C21H24N6O/c1-2-16-3-5-17(6-4-16)21(28)26-11-9-25(10-12-26)20-8-7-18(13-19(20)22)27-14-23-24-15-27/h3-8,13-15H,2,9-12,22H2,1H3. The van der Waals surface area contributed by atoms with Crippen LogP contribution in [0.1, 0.15) is 22.8 Å². The molecule has 7 heteroatoms. The first kappa shape index (κ1) is 18.0. The molecule has 2 aromatic carbocycles. The first-order valence-corrected chi connectivity index (χ1v) is 9.53. The number of aryl methyl sites for hydroxylation is 1. The molecule has 2 N–H and O–H groups in total. The number of nitrogens with zero attached hydrogens (tertiary/aromatic N) is 5. The number of amides is 1. The van der Waals surface area contributed by atoms with Crippen molar-refractivity contribution in [2.24, 2.45) is 0 Å². The molecule has 1 amide bonds. The Morgan fingerprint density at radius 2 is 1.68 bits per heavy atom. The van der Waals surface area contributed by atoms with Crippen LogP contribution in [-0.4, -0.2) is 51.8 Å². The molecule has 7 nitrogen and oxygen atoms in total. The van der Waals surface area contributed by atoms with E-state index in [0.717, 1.165) is 36.4 Å². The number of carbonyl (C=O) groups excluding carboxylic acids is 1. The lowest BCUT2D eigenvalue weighted by molar-refractivity contribution is 0.0747. The van der Waals surface area contributed by atoms with Crippen LogP contribution in [0, 0.1) is 0 Å². The lowest BCUT2D eigenvalue weighted by Gasteiger charge is -2.36. The fraction of sp³-hybridized carbons (Fsp3) is 0.286. The molecule has 0 unspecified atom stereocenters. The zero-order chi connectivity index (χ0) is 19.5. The highest BCUT2D eigenvalue weighted by Gasteiger charge is 2.23. The Morgan fingerprint density at radius 3 is 2.29 bits per heavy atom. The van der Waals surface area contributed by atoms with Crippen molar-refractivity contribution >= 4 is 17.3 Å². The van der Waals surface area contributed by atoms with Crippen molar-refractivity contribution in [3.8, 4) is 5.69 Å². The van der Waals surface area contributed by atoms with Gasteiger partial charge in [0.25, 0.3) is 5.91 Å². The van der Waals surface area contributed by atoms with Crippen molar-refractivity contribution < 1.29 is 4.79 Å². The molecular weight excluding hydrogens is 352 g/mol. The van der Waals surface area contributed by atoms with Gasteiger partial charge in [0.15, 0.2) is 0 Å². The van der Waals surface area contributed by atoms with Gasteiger partial charge in [-0.3, -0.25) is 9.36 Å². The highest BCUT2D eigenvalue weighted by Crippen LogP contribution is 2.27. The lowest BCUT2D eigenvalue weighted by Crippen LogP contribution is -2.49. The van der Waals surface area contributed by atoms with Gasteiger partial charge in [0, 0.05) is 31.7 Å². The van der Waals surface area contributed by atoms with Crippen LogP contribution in [0.3, 0.4) is 0 Å². The molecule has 0 radical (unpaired) electrons. The summed E-state index contributed by atoms with van der Waals surface area (Å²) in [5, 5.41) is 7.65. The fourth-order valence-corrected chi connectivity index (χ4v) is 3.54. The minimum Gasteiger partial charge on any atom is -0.397 e. The SMILES string of the molecule is CCc1ccc(C(=O)N2CCN(c3ccc(-n4cnnc4)cc3N)CC2)cc1. The molecule has 0 spiro atoms. The summed E-state index contributed by atoms with van der Waals surface area (Å²) in [4.78, 5) is 16.9. The normalized spacial score (nSPS) is 14.3. The Balaban J connectivity index is 1.41. The summed E-state index contributed by atoms with van der Waals surface area (Å²) in [6.07, 6.45) is 4.27. The van der Waals surface area contributed by atoms with Crippen LogP contribution < -0.4 is 10.6 Å².